The number of rotatable bonds is 7. The zero-order chi connectivity index (χ0) is 20.2. The lowest BCUT2D eigenvalue weighted by molar-refractivity contribution is 0.0471. The van der Waals surface area contributed by atoms with Gasteiger partial charge in [-0.1, -0.05) is 61.0 Å². The summed E-state index contributed by atoms with van der Waals surface area (Å²) in [5.41, 5.74) is 3.42. The highest BCUT2D eigenvalue weighted by molar-refractivity contribution is 6.30. The molecule has 1 atom stereocenters. The lowest BCUT2D eigenvalue weighted by Gasteiger charge is -2.33. The van der Waals surface area contributed by atoms with E-state index in [1.807, 2.05) is 70.2 Å². The van der Waals surface area contributed by atoms with Gasteiger partial charge in [-0.15, -0.1) is 0 Å². The summed E-state index contributed by atoms with van der Waals surface area (Å²) in [6.07, 6.45) is 0.960. The molecule has 0 aliphatic carbocycles. The van der Waals surface area contributed by atoms with Gasteiger partial charge in [-0.3, -0.25) is 9.48 Å². The largest absolute Gasteiger partial charge is 0.379 e. The molecule has 0 saturated heterocycles. The summed E-state index contributed by atoms with van der Waals surface area (Å²) in [6, 6.07) is 19.4. The normalized spacial score (nSPS) is 16.1. The summed E-state index contributed by atoms with van der Waals surface area (Å²) in [4.78, 5) is 15.1. The van der Waals surface area contributed by atoms with E-state index < -0.39 is 0 Å². The monoisotopic (exact) mass is 409 g/mol. The van der Waals surface area contributed by atoms with Crippen molar-refractivity contribution in [1.29, 1.82) is 0 Å². The second kappa shape index (κ2) is 8.80. The molecule has 1 unspecified atom stereocenters. The van der Waals surface area contributed by atoms with Crippen molar-refractivity contribution in [3.63, 3.8) is 0 Å². The molecule has 0 bridgehead atoms. The van der Waals surface area contributed by atoms with Crippen LogP contribution in [0.1, 0.15) is 35.4 Å². The Balaban J connectivity index is 1.65. The first-order chi connectivity index (χ1) is 14.2. The van der Waals surface area contributed by atoms with Crippen LogP contribution in [0, 0.1) is 0 Å². The van der Waals surface area contributed by atoms with Gasteiger partial charge in [-0.2, -0.15) is 5.10 Å². The fourth-order valence-electron chi connectivity index (χ4n) is 3.60. The topological polar surface area (TPSA) is 47.4 Å². The number of hydrogen-bond donors (Lipinski definition) is 0. The van der Waals surface area contributed by atoms with E-state index in [-0.39, 0.29) is 11.9 Å². The molecule has 1 aliphatic rings. The Morgan fingerprint density at radius 2 is 1.90 bits per heavy atom. The minimum absolute atomic E-state index is 0.00620. The van der Waals surface area contributed by atoms with E-state index in [2.05, 4.69) is 6.92 Å². The van der Waals surface area contributed by atoms with Gasteiger partial charge >= 0.3 is 0 Å². The number of carbonyl (C=O) groups is 1. The Hall–Kier alpha value is -2.63. The van der Waals surface area contributed by atoms with Crippen LogP contribution >= 0.6 is 11.6 Å². The van der Waals surface area contributed by atoms with E-state index in [0.717, 1.165) is 23.2 Å². The van der Waals surface area contributed by atoms with Gasteiger partial charge in [0.15, 0.2) is 0 Å². The van der Waals surface area contributed by atoms with Crippen molar-refractivity contribution in [3.05, 3.63) is 76.9 Å². The molecule has 2 heterocycles. The number of hydrogen-bond acceptors (Lipinski definition) is 3. The number of halogens is 1. The van der Waals surface area contributed by atoms with Crippen molar-refractivity contribution in [2.45, 2.75) is 25.9 Å². The third kappa shape index (κ3) is 4.36. The molecule has 29 heavy (non-hydrogen) atoms. The minimum Gasteiger partial charge on any atom is -0.379 e. The number of aromatic nitrogens is 2. The van der Waals surface area contributed by atoms with Crippen LogP contribution in [0.15, 0.2) is 60.7 Å². The molecule has 150 valence electrons. The number of ether oxygens (including phenoxy) is 1. The van der Waals surface area contributed by atoms with E-state index in [1.54, 1.807) is 0 Å². The maximum Gasteiger partial charge on any atom is 0.272 e. The molecular weight excluding hydrogens is 386 g/mol. The van der Waals surface area contributed by atoms with Crippen molar-refractivity contribution in [2.75, 3.05) is 19.8 Å². The molecule has 0 radical (unpaired) electrons. The quantitative estimate of drug-likeness (QED) is 0.525. The molecule has 0 saturated carbocycles. The number of nitrogens with zero attached hydrogens (tertiary/aromatic N) is 3. The van der Waals surface area contributed by atoms with E-state index >= 15 is 0 Å². The Morgan fingerprint density at radius 3 is 2.62 bits per heavy atom. The number of benzene rings is 2. The summed E-state index contributed by atoms with van der Waals surface area (Å²) in [7, 11) is 0. The van der Waals surface area contributed by atoms with Crippen LogP contribution < -0.4 is 0 Å². The van der Waals surface area contributed by atoms with Gasteiger partial charge < -0.3 is 9.64 Å². The molecule has 1 aromatic heterocycles. The first-order valence-corrected chi connectivity index (χ1v) is 10.3. The SMILES string of the molecule is CCCOCC1CN(Cc2ccccc2)C(=O)c2cc(-c3ccc(Cl)cc3)nn21. The predicted octanol–water partition coefficient (Wildman–Crippen LogP) is 4.83. The highest BCUT2D eigenvalue weighted by Gasteiger charge is 2.33. The zero-order valence-corrected chi connectivity index (χ0v) is 17.2. The van der Waals surface area contributed by atoms with Gasteiger partial charge in [-0.25, -0.2) is 0 Å². The number of fused-ring (bicyclic) bond motifs is 1. The molecular formula is C23H24ClN3O2. The van der Waals surface area contributed by atoms with E-state index in [9.17, 15) is 4.79 Å². The summed E-state index contributed by atoms with van der Waals surface area (Å²) in [5.74, 6) is -0.00620. The third-order valence-corrected chi connectivity index (χ3v) is 5.29. The van der Waals surface area contributed by atoms with Crippen LogP contribution in [0.4, 0.5) is 0 Å². The van der Waals surface area contributed by atoms with Crippen LogP contribution in [0.5, 0.6) is 0 Å². The number of carbonyl (C=O) groups excluding carboxylic acids is 1. The Morgan fingerprint density at radius 1 is 1.14 bits per heavy atom. The van der Waals surface area contributed by atoms with Gasteiger partial charge in [0.2, 0.25) is 0 Å². The van der Waals surface area contributed by atoms with Crippen molar-refractivity contribution in [3.8, 4) is 11.3 Å². The average Bonchev–Trinajstić information content (AvgIpc) is 3.19. The minimum atomic E-state index is -0.0148. The van der Waals surface area contributed by atoms with Crippen molar-refractivity contribution in [2.24, 2.45) is 0 Å². The maximum atomic E-state index is 13.2. The Bertz CT molecular complexity index is 970. The summed E-state index contributed by atoms with van der Waals surface area (Å²) in [5, 5.41) is 5.42. The highest BCUT2D eigenvalue weighted by Crippen LogP contribution is 2.28. The van der Waals surface area contributed by atoms with Crippen LogP contribution in [-0.2, 0) is 11.3 Å². The van der Waals surface area contributed by atoms with E-state index in [1.165, 1.54) is 0 Å². The fraction of sp³-hybridized carbons (Fsp3) is 0.304. The zero-order valence-electron chi connectivity index (χ0n) is 16.4. The molecule has 3 aromatic rings. The van der Waals surface area contributed by atoms with Crippen LogP contribution in [0.2, 0.25) is 5.02 Å². The smallest absolute Gasteiger partial charge is 0.272 e. The molecule has 4 rings (SSSR count). The molecule has 0 fully saturated rings. The van der Waals surface area contributed by atoms with E-state index in [0.29, 0.717) is 37.0 Å². The van der Waals surface area contributed by atoms with Crippen LogP contribution in [0.3, 0.4) is 0 Å². The highest BCUT2D eigenvalue weighted by atomic mass is 35.5. The Kier molecular flexibility index (Phi) is 5.97. The van der Waals surface area contributed by atoms with Gasteiger partial charge in [0, 0.05) is 30.3 Å². The summed E-state index contributed by atoms with van der Waals surface area (Å²) >= 11 is 6.01. The average molecular weight is 410 g/mol. The second-order valence-corrected chi connectivity index (χ2v) is 7.70. The molecule has 6 heteroatoms. The fourth-order valence-corrected chi connectivity index (χ4v) is 3.72. The molecule has 5 nitrogen and oxygen atoms in total. The molecule has 1 amide bonds. The van der Waals surface area contributed by atoms with Crippen molar-refractivity contribution < 1.29 is 9.53 Å². The lowest BCUT2D eigenvalue weighted by atomic mass is 10.1. The third-order valence-electron chi connectivity index (χ3n) is 5.03. The maximum absolute atomic E-state index is 13.2. The summed E-state index contributed by atoms with van der Waals surface area (Å²) in [6.45, 7) is 4.46. The first-order valence-electron chi connectivity index (χ1n) is 9.92. The molecule has 0 spiro atoms. The van der Waals surface area contributed by atoms with E-state index in [4.69, 9.17) is 21.4 Å². The van der Waals surface area contributed by atoms with Gasteiger partial charge in [0.25, 0.3) is 5.91 Å². The van der Waals surface area contributed by atoms with Crippen molar-refractivity contribution >= 4 is 17.5 Å². The molecule has 0 N–H and O–H groups in total. The molecule has 2 aromatic carbocycles. The van der Waals surface area contributed by atoms with Crippen LogP contribution in [0.25, 0.3) is 11.3 Å². The van der Waals surface area contributed by atoms with Crippen molar-refractivity contribution in [1.82, 2.24) is 14.7 Å². The van der Waals surface area contributed by atoms with Gasteiger partial charge in [0.05, 0.1) is 18.3 Å². The van der Waals surface area contributed by atoms with Gasteiger partial charge in [0.1, 0.15) is 5.69 Å². The Labute approximate surface area is 175 Å². The molecule has 1 aliphatic heterocycles. The second-order valence-electron chi connectivity index (χ2n) is 7.27. The predicted molar refractivity (Wildman–Crippen MR) is 114 cm³/mol. The lowest BCUT2D eigenvalue weighted by Crippen LogP contribution is -2.44. The van der Waals surface area contributed by atoms with Gasteiger partial charge in [-0.05, 0) is 30.2 Å². The first kappa shape index (κ1) is 19.7. The standard InChI is InChI=1S/C23H24ClN3O2/c1-2-12-29-16-20-15-26(14-17-6-4-3-5-7-17)23(28)22-13-21(25-27(20)22)18-8-10-19(24)11-9-18/h3-11,13,20H,2,12,14-16H2,1H3. The number of amides is 1. The van der Waals surface area contributed by atoms with Crippen LogP contribution in [-0.4, -0.2) is 40.3 Å². The summed E-state index contributed by atoms with van der Waals surface area (Å²) < 4.78 is 7.66.